The maximum atomic E-state index is 13.7. The van der Waals surface area contributed by atoms with Crippen molar-refractivity contribution in [1.82, 2.24) is 19.3 Å². The molecule has 1 saturated carbocycles. The molecule has 6 rings (SSSR count). The predicted octanol–water partition coefficient (Wildman–Crippen LogP) is 3.85. The van der Waals surface area contributed by atoms with Gasteiger partial charge in [0, 0.05) is 67.0 Å². The summed E-state index contributed by atoms with van der Waals surface area (Å²) in [6.45, 7) is 3.59. The molecule has 2 aliphatic heterocycles. The van der Waals surface area contributed by atoms with Gasteiger partial charge in [0.25, 0.3) is 11.8 Å². The number of amides is 2. The van der Waals surface area contributed by atoms with Gasteiger partial charge in [0.2, 0.25) is 0 Å². The Morgan fingerprint density at radius 2 is 1.49 bits per heavy atom. The van der Waals surface area contributed by atoms with Crippen molar-refractivity contribution < 1.29 is 18.0 Å². The van der Waals surface area contributed by atoms with Gasteiger partial charge in [-0.25, -0.2) is 8.42 Å². The Morgan fingerprint density at radius 1 is 0.795 bits per heavy atom. The highest BCUT2D eigenvalue weighted by atomic mass is 35.5. The van der Waals surface area contributed by atoms with E-state index in [9.17, 15) is 18.0 Å². The average molecular weight is 569 g/mol. The second-order valence-electron chi connectivity index (χ2n) is 10.8. The summed E-state index contributed by atoms with van der Waals surface area (Å²) in [6, 6.07) is 15.3. The summed E-state index contributed by atoms with van der Waals surface area (Å²) in [7, 11) is -3.12. The van der Waals surface area contributed by atoms with Crippen LogP contribution in [-0.4, -0.2) is 96.3 Å². The topological polar surface area (TPSA) is 82.9 Å². The summed E-state index contributed by atoms with van der Waals surface area (Å²) in [5.74, 6) is -0.310. The van der Waals surface area contributed by atoms with Crippen LogP contribution in [0.1, 0.15) is 46.5 Å². The van der Waals surface area contributed by atoms with Crippen LogP contribution in [-0.2, 0) is 9.84 Å². The second-order valence-corrected chi connectivity index (χ2v) is 13.6. The molecule has 3 aromatic rings. The Bertz CT molecular complexity index is 1510. The molecule has 2 saturated heterocycles. The summed E-state index contributed by atoms with van der Waals surface area (Å²) >= 11 is 6.30. The van der Waals surface area contributed by atoms with Crippen molar-refractivity contribution in [2.75, 3.05) is 50.8 Å². The lowest BCUT2D eigenvalue weighted by Crippen LogP contribution is -2.51. The molecule has 2 amide bonds. The number of nitrogens with zero attached hydrogens (tertiary/aromatic N) is 4. The lowest BCUT2D eigenvalue weighted by atomic mass is 10.1. The van der Waals surface area contributed by atoms with Crippen molar-refractivity contribution in [1.29, 1.82) is 0 Å². The van der Waals surface area contributed by atoms with Gasteiger partial charge in [0.05, 0.1) is 17.0 Å². The summed E-state index contributed by atoms with van der Waals surface area (Å²) < 4.78 is 25.7. The van der Waals surface area contributed by atoms with Crippen LogP contribution in [0.2, 0.25) is 5.02 Å². The van der Waals surface area contributed by atoms with E-state index in [0.717, 1.165) is 42.8 Å². The van der Waals surface area contributed by atoms with Gasteiger partial charge in [0.15, 0.2) is 9.84 Å². The molecule has 0 spiro atoms. The van der Waals surface area contributed by atoms with Crippen molar-refractivity contribution in [2.24, 2.45) is 0 Å². The Balaban J connectivity index is 1.30. The van der Waals surface area contributed by atoms with Gasteiger partial charge in [0.1, 0.15) is 5.69 Å². The molecule has 10 heteroatoms. The fourth-order valence-electron chi connectivity index (χ4n) is 6.22. The first-order valence-corrected chi connectivity index (χ1v) is 15.9. The maximum absolute atomic E-state index is 13.7. The minimum absolute atomic E-state index is 0.00703. The van der Waals surface area contributed by atoms with Gasteiger partial charge >= 0.3 is 0 Å². The Morgan fingerprint density at radius 3 is 2.18 bits per heavy atom. The highest BCUT2D eigenvalue weighted by molar-refractivity contribution is 7.91. The molecular formula is C29H33ClN4O4S. The van der Waals surface area contributed by atoms with Crippen molar-refractivity contribution >= 4 is 44.2 Å². The quantitative estimate of drug-likeness (QED) is 0.477. The molecule has 0 N–H and O–H groups in total. The first kappa shape index (κ1) is 26.3. The van der Waals surface area contributed by atoms with Gasteiger partial charge in [-0.15, -0.1) is 0 Å². The third kappa shape index (κ3) is 5.32. The summed E-state index contributed by atoms with van der Waals surface area (Å²) in [6.07, 6.45) is 5.14. The number of carbonyl (C=O) groups excluding carboxylic acids is 2. The predicted molar refractivity (Wildman–Crippen MR) is 153 cm³/mol. The molecule has 1 aliphatic carbocycles. The number of hydrogen-bond donors (Lipinski definition) is 0. The molecule has 2 aromatic carbocycles. The molecule has 8 nitrogen and oxygen atoms in total. The first-order chi connectivity index (χ1) is 18.8. The van der Waals surface area contributed by atoms with E-state index in [2.05, 4.69) is 4.90 Å². The summed E-state index contributed by atoms with van der Waals surface area (Å²) in [5, 5.41) is 1.32. The van der Waals surface area contributed by atoms with Crippen molar-refractivity contribution in [3.8, 4) is 5.69 Å². The Kier molecular flexibility index (Phi) is 7.16. The molecular weight excluding hydrogens is 536 g/mol. The zero-order valence-electron chi connectivity index (χ0n) is 21.9. The molecule has 0 radical (unpaired) electrons. The Labute approximate surface area is 234 Å². The van der Waals surface area contributed by atoms with Crippen LogP contribution in [0.25, 0.3) is 16.6 Å². The van der Waals surface area contributed by atoms with Crippen LogP contribution in [0, 0.1) is 0 Å². The van der Waals surface area contributed by atoms with Crippen molar-refractivity contribution in [3.63, 3.8) is 0 Å². The van der Waals surface area contributed by atoms with E-state index in [1.165, 1.54) is 25.7 Å². The maximum Gasteiger partial charge on any atom is 0.270 e. The van der Waals surface area contributed by atoms with E-state index in [0.29, 0.717) is 22.3 Å². The monoisotopic (exact) mass is 568 g/mol. The molecule has 39 heavy (non-hydrogen) atoms. The van der Waals surface area contributed by atoms with Crippen LogP contribution < -0.4 is 0 Å². The largest absolute Gasteiger partial charge is 0.336 e. The number of rotatable bonds is 4. The smallest absolute Gasteiger partial charge is 0.270 e. The molecule has 0 bridgehead atoms. The van der Waals surface area contributed by atoms with Crippen LogP contribution >= 0.6 is 11.6 Å². The molecule has 3 aliphatic rings. The standard InChI is InChI=1S/C29H33ClN4O4S/c30-23-4-3-7-25(20-23)34-26-9-8-21(28(35)32-12-10-31(11-13-32)24-5-1-2-6-24)18-22(26)19-27(34)29(36)33-14-16-39(37,38)17-15-33/h3-4,7-9,18-20,24H,1-2,5-6,10-17H2. The third-order valence-electron chi connectivity index (χ3n) is 8.41. The van der Waals surface area contributed by atoms with Crippen LogP contribution in [0.4, 0.5) is 0 Å². The van der Waals surface area contributed by atoms with Gasteiger partial charge in [-0.2, -0.15) is 0 Å². The molecule has 206 valence electrons. The number of halogens is 1. The molecule has 3 fully saturated rings. The van der Waals surface area contributed by atoms with Crippen LogP contribution in [0.15, 0.2) is 48.5 Å². The fraction of sp³-hybridized carbons (Fsp3) is 0.448. The van der Waals surface area contributed by atoms with Gasteiger partial charge < -0.3 is 14.4 Å². The number of piperazine rings is 1. The summed E-state index contributed by atoms with van der Waals surface area (Å²) in [5.41, 5.74) is 2.53. The van der Waals surface area contributed by atoms with Crippen LogP contribution in [0.5, 0.6) is 0 Å². The lowest BCUT2D eigenvalue weighted by Gasteiger charge is -2.38. The minimum atomic E-state index is -3.12. The molecule has 1 aromatic heterocycles. The van der Waals surface area contributed by atoms with E-state index in [1.807, 2.05) is 39.8 Å². The number of fused-ring (bicyclic) bond motifs is 1. The van der Waals surface area contributed by atoms with E-state index in [-0.39, 0.29) is 36.4 Å². The summed E-state index contributed by atoms with van der Waals surface area (Å²) in [4.78, 5) is 33.2. The first-order valence-electron chi connectivity index (χ1n) is 13.7. The number of aromatic nitrogens is 1. The minimum Gasteiger partial charge on any atom is -0.336 e. The molecule has 3 heterocycles. The normalized spacial score (nSPS) is 20.5. The number of hydrogen-bond acceptors (Lipinski definition) is 5. The van der Waals surface area contributed by atoms with E-state index in [4.69, 9.17) is 11.6 Å². The molecule has 0 atom stereocenters. The second kappa shape index (κ2) is 10.6. The number of carbonyl (C=O) groups is 2. The zero-order valence-corrected chi connectivity index (χ0v) is 23.5. The number of sulfone groups is 1. The SMILES string of the molecule is O=C(c1ccc2c(c1)cc(C(=O)N1CCS(=O)(=O)CC1)n2-c1cccc(Cl)c1)N1CCN(C2CCCC2)CC1. The molecule has 0 unspecified atom stereocenters. The number of benzene rings is 2. The van der Waals surface area contributed by atoms with Gasteiger partial charge in [-0.3, -0.25) is 14.5 Å². The highest BCUT2D eigenvalue weighted by Gasteiger charge is 2.30. The highest BCUT2D eigenvalue weighted by Crippen LogP contribution is 2.29. The van der Waals surface area contributed by atoms with Gasteiger partial charge in [-0.05, 0) is 55.3 Å². The Hall–Kier alpha value is -2.88. The lowest BCUT2D eigenvalue weighted by molar-refractivity contribution is 0.0573. The average Bonchev–Trinajstić information content (AvgIpc) is 3.61. The van der Waals surface area contributed by atoms with Gasteiger partial charge in [-0.1, -0.05) is 30.5 Å². The zero-order chi connectivity index (χ0) is 27.1. The van der Waals surface area contributed by atoms with E-state index >= 15 is 0 Å². The van der Waals surface area contributed by atoms with E-state index < -0.39 is 9.84 Å². The fourth-order valence-corrected chi connectivity index (χ4v) is 7.60. The van der Waals surface area contributed by atoms with Crippen molar-refractivity contribution in [3.05, 3.63) is 64.8 Å². The van der Waals surface area contributed by atoms with E-state index in [1.54, 1.807) is 23.1 Å². The van der Waals surface area contributed by atoms with Crippen molar-refractivity contribution in [2.45, 2.75) is 31.7 Å². The third-order valence-corrected chi connectivity index (χ3v) is 10.3. The van der Waals surface area contributed by atoms with Crippen LogP contribution in [0.3, 0.4) is 0 Å².